The number of fused-ring (bicyclic) bond motifs is 6. The van der Waals surface area contributed by atoms with E-state index in [-0.39, 0.29) is 47.7 Å². The van der Waals surface area contributed by atoms with E-state index in [0.29, 0.717) is 37.4 Å². The summed E-state index contributed by atoms with van der Waals surface area (Å²) in [5.74, 6) is 1.22. The van der Waals surface area contributed by atoms with Crippen LogP contribution in [0.25, 0.3) is 54.7 Å². The predicted molar refractivity (Wildman–Crippen MR) is 257 cm³/mol. The molecule has 0 aliphatic carbocycles. The van der Waals surface area contributed by atoms with E-state index in [4.69, 9.17) is 24.2 Å². The van der Waals surface area contributed by atoms with Gasteiger partial charge in [-0.2, -0.15) is 0 Å². The number of amides is 4. The van der Waals surface area contributed by atoms with Crippen LogP contribution in [0.1, 0.15) is 82.3 Å². The zero-order chi connectivity index (χ0) is 47.1. The molecule has 2 saturated heterocycles. The van der Waals surface area contributed by atoms with E-state index in [1.54, 1.807) is 12.0 Å². The van der Waals surface area contributed by atoms with Crippen LogP contribution in [0.3, 0.4) is 0 Å². The molecular weight excluding hydrogens is 849 g/mol. The number of hydrogen-bond donors (Lipinski definition) is 4. The average Bonchev–Trinajstić information content (AvgIpc) is 4.16. The second-order valence-electron chi connectivity index (χ2n) is 18.3. The Hall–Kier alpha value is -7.00. The number of benzene rings is 5. The van der Waals surface area contributed by atoms with Crippen LogP contribution in [0.4, 0.5) is 9.59 Å². The van der Waals surface area contributed by atoms with Crippen molar-refractivity contribution in [2.45, 2.75) is 77.2 Å². The summed E-state index contributed by atoms with van der Waals surface area (Å²) in [5.41, 5.74) is 6.16. The SMILES string of the molecule is CC[C@H](C)[C@H](NC(=O)OC)C(=O)N1[C@H](C)[C@H](C)C[C@H]1c1nc2c(ccc3cc(-c4ccc5c(ccc6[nH]c([C@@H]7C[C@H](COC)CN7C(=O)[C@H](NC(=O)OC)c7ccccc7)nc65)c4)ccc32)[nH]1. The Balaban J connectivity index is 0.998. The van der Waals surface area contributed by atoms with Crippen LogP contribution in [0.15, 0.2) is 91.0 Å². The Bertz CT molecular complexity index is 2990. The largest absolute Gasteiger partial charge is 0.453 e. The van der Waals surface area contributed by atoms with E-state index < -0.39 is 24.3 Å². The van der Waals surface area contributed by atoms with Crippen molar-refractivity contribution >= 4 is 67.6 Å². The van der Waals surface area contributed by atoms with Gasteiger partial charge < -0.3 is 44.6 Å². The smallest absolute Gasteiger partial charge is 0.407 e. The summed E-state index contributed by atoms with van der Waals surface area (Å²) in [6.45, 7) is 9.12. The average molecular weight is 907 g/mol. The van der Waals surface area contributed by atoms with Gasteiger partial charge >= 0.3 is 12.2 Å². The van der Waals surface area contributed by atoms with Gasteiger partial charge in [0, 0.05) is 36.4 Å². The second-order valence-corrected chi connectivity index (χ2v) is 18.3. The molecule has 2 aliphatic heterocycles. The topological polar surface area (TPSA) is 184 Å². The number of nitrogens with zero attached hydrogens (tertiary/aromatic N) is 4. The van der Waals surface area contributed by atoms with Gasteiger partial charge in [-0.25, -0.2) is 19.6 Å². The Kier molecular flexibility index (Phi) is 12.6. The maximum atomic E-state index is 14.4. The Morgan fingerprint density at radius 2 is 1.31 bits per heavy atom. The second kappa shape index (κ2) is 18.7. The summed E-state index contributed by atoms with van der Waals surface area (Å²) < 4.78 is 15.3. The fourth-order valence-corrected chi connectivity index (χ4v) is 10.2. The van der Waals surface area contributed by atoms with Gasteiger partial charge in [0.1, 0.15) is 23.7 Å². The number of likely N-dealkylation sites (tertiary alicyclic amines) is 2. The van der Waals surface area contributed by atoms with Crippen LogP contribution in [-0.4, -0.2) is 100 Å². The summed E-state index contributed by atoms with van der Waals surface area (Å²) in [7, 11) is 4.25. The molecule has 4 N–H and O–H groups in total. The van der Waals surface area contributed by atoms with Crippen molar-refractivity contribution in [1.82, 2.24) is 40.4 Å². The monoisotopic (exact) mass is 906 g/mol. The third kappa shape index (κ3) is 8.52. The number of carbonyl (C=O) groups excluding carboxylic acids is 4. The Morgan fingerprint density at radius 3 is 1.88 bits per heavy atom. The summed E-state index contributed by atoms with van der Waals surface area (Å²) in [6, 6.07) is 27.9. The minimum atomic E-state index is -0.946. The Morgan fingerprint density at radius 1 is 0.731 bits per heavy atom. The molecule has 15 nitrogen and oxygen atoms in total. The van der Waals surface area contributed by atoms with Gasteiger partial charge in [-0.05, 0) is 83.3 Å². The third-order valence-electron chi connectivity index (χ3n) is 14.2. The Labute approximate surface area is 388 Å². The molecule has 2 fully saturated rings. The lowest BCUT2D eigenvalue weighted by Gasteiger charge is -2.34. The number of aromatic amines is 2. The lowest BCUT2D eigenvalue weighted by Crippen LogP contribution is -2.53. The highest BCUT2D eigenvalue weighted by atomic mass is 16.5. The van der Waals surface area contributed by atoms with Crippen LogP contribution < -0.4 is 10.6 Å². The molecule has 4 heterocycles. The number of rotatable bonds is 12. The van der Waals surface area contributed by atoms with E-state index in [0.717, 1.165) is 67.0 Å². The minimum absolute atomic E-state index is 0.0530. The van der Waals surface area contributed by atoms with Gasteiger partial charge in [0.15, 0.2) is 0 Å². The number of nitrogens with one attached hydrogen (secondary N) is 4. The predicted octanol–water partition coefficient (Wildman–Crippen LogP) is 9.11. The summed E-state index contributed by atoms with van der Waals surface area (Å²) in [5, 5.41) is 9.60. The maximum absolute atomic E-state index is 14.4. The first kappa shape index (κ1) is 45.2. The summed E-state index contributed by atoms with van der Waals surface area (Å²) in [4.78, 5) is 74.6. The lowest BCUT2D eigenvalue weighted by atomic mass is 9.97. The van der Waals surface area contributed by atoms with E-state index >= 15 is 0 Å². The molecule has 5 aromatic carbocycles. The standard InChI is InChI=1S/C52H58N8O7/c1-8-28(2)43(57-51(63)66-6)50(62)60-30(4)29(3)22-42(60)48-54-40-21-17-36-25-34(15-19-38(36)46(40)56-48)33-14-18-37-35(24-33)16-20-39-45(37)55-47(53-39)41-23-31(27-65-5)26-59(41)49(61)44(58-52(64)67-7)32-12-10-9-11-13-32/h9-21,24-25,28-31,41-44H,8,22-23,26-27H2,1-7H3,(H,53,55)(H,54,56)(H,57,63)(H,58,64)/t28-,29+,30+,31-,41-,42-,43-,44+/m0/s1. The molecule has 67 heavy (non-hydrogen) atoms. The molecule has 8 atom stereocenters. The lowest BCUT2D eigenvalue weighted by molar-refractivity contribution is -0.138. The zero-order valence-corrected chi connectivity index (χ0v) is 39.0. The highest BCUT2D eigenvalue weighted by Gasteiger charge is 2.45. The van der Waals surface area contributed by atoms with Crippen molar-refractivity contribution in [3.8, 4) is 11.1 Å². The molecule has 2 aromatic heterocycles. The van der Waals surface area contributed by atoms with Crippen molar-refractivity contribution in [2.75, 3.05) is 34.5 Å². The van der Waals surface area contributed by atoms with Gasteiger partial charge in [-0.3, -0.25) is 9.59 Å². The number of alkyl carbamates (subject to hydrolysis) is 2. The molecule has 7 aromatic rings. The molecule has 0 unspecified atom stereocenters. The summed E-state index contributed by atoms with van der Waals surface area (Å²) in [6.07, 6.45) is 0.785. The first-order chi connectivity index (χ1) is 32.4. The summed E-state index contributed by atoms with van der Waals surface area (Å²) >= 11 is 0. The molecule has 0 spiro atoms. The van der Waals surface area contributed by atoms with Crippen LogP contribution in [0.2, 0.25) is 0 Å². The van der Waals surface area contributed by atoms with Gasteiger partial charge in [-0.15, -0.1) is 0 Å². The fraction of sp³-hybridized carbons (Fsp3) is 0.385. The molecule has 9 rings (SSSR count). The molecule has 4 amide bonds. The number of carbonyl (C=O) groups is 4. The van der Waals surface area contributed by atoms with Crippen molar-refractivity contribution in [3.63, 3.8) is 0 Å². The normalized spacial score (nSPS) is 20.9. The van der Waals surface area contributed by atoms with Crippen LogP contribution >= 0.6 is 0 Å². The highest BCUT2D eigenvalue weighted by Crippen LogP contribution is 2.42. The van der Waals surface area contributed by atoms with E-state index in [1.165, 1.54) is 14.2 Å². The third-order valence-corrected chi connectivity index (χ3v) is 14.2. The number of imidazole rings is 2. The molecular formula is C52H58N8O7. The van der Waals surface area contributed by atoms with Gasteiger partial charge in [-0.1, -0.05) is 93.9 Å². The minimum Gasteiger partial charge on any atom is -0.453 e. The van der Waals surface area contributed by atoms with Crippen molar-refractivity contribution in [2.24, 2.45) is 17.8 Å². The van der Waals surface area contributed by atoms with Crippen LogP contribution in [0, 0.1) is 17.8 Å². The molecule has 0 radical (unpaired) electrons. The van der Waals surface area contributed by atoms with Crippen molar-refractivity contribution < 1.29 is 33.4 Å². The molecule has 2 aliphatic rings. The number of methoxy groups -OCH3 is 3. The number of H-pyrrole nitrogens is 2. The first-order valence-electron chi connectivity index (χ1n) is 23.1. The zero-order valence-electron chi connectivity index (χ0n) is 39.0. The maximum Gasteiger partial charge on any atom is 0.407 e. The van der Waals surface area contributed by atoms with E-state index in [2.05, 4.69) is 83.0 Å². The van der Waals surface area contributed by atoms with Gasteiger partial charge in [0.25, 0.3) is 5.91 Å². The number of aromatic nitrogens is 4. The van der Waals surface area contributed by atoms with Crippen molar-refractivity contribution in [1.29, 1.82) is 0 Å². The molecule has 0 saturated carbocycles. The van der Waals surface area contributed by atoms with Crippen LogP contribution in [0.5, 0.6) is 0 Å². The molecule has 15 heteroatoms. The molecule has 348 valence electrons. The van der Waals surface area contributed by atoms with Gasteiger partial charge in [0.05, 0.1) is 55.0 Å². The van der Waals surface area contributed by atoms with E-state index in [1.807, 2.05) is 61.2 Å². The van der Waals surface area contributed by atoms with Gasteiger partial charge in [0.2, 0.25) is 5.91 Å². The number of hydrogen-bond acceptors (Lipinski definition) is 9. The highest BCUT2D eigenvalue weighted by molar-refractivity contribution is 6.07. The number of ether oxygens (including phenoxy) is 3. The molecule has 0 bridgehead atoms. The fourth-order valence-electron chi connectivity index (χ4n) is 10.2. The van der Waals surface area contributed by atoms with E-state index in [9.17, 15) is 19.2 Å². The first-order valence-corrected chi connectivity index (χ1v) is 23.1. The van der Waals surface area contributed by atoms with Crippen LogP contribution in [-0.2, 0) is 23.8 Å². The quantitative estimate of drug-likeness (QED) is 0.0929. The van der Waals surface area contributed by atoms with Crippen molar-refractivity contribution in [3.05, 3.63) is 108 Å².